The second-order valence-electron chi connectivity index (χ2n) is 4.40. The van der Waals surface area contributed by atoms with Crippen LogP contribution in [0.2, 0.25) is 5.02 Å². The summed E-state index contributed by atoms with van der Waals surface area (Å²) in [7, 11) is 1.53. The highest BCUT2D eigenvalue weighted by atomic mass is 35.5. The summed E-state index contributed by atoms with van der Waals surface area (Å²) in [6, 6.07) is 8.42. The van der Waals surface area contributed by atoms with Crippen molar-refractivity contribution in [1.29, 1.82) is 0 Å². The summed E-state index contributed by atoms with van der Waals surface area (Å²) in [4.78, 5) is 16.3. The Morgan fingerprint density at radius 3 is 2.86 bits per heavy atom. The van der Waals surface area contributed by atoms with Crippen LogP contribution in [0.15, 0.2) is 49.2 Å². The van der Waals surface area contributed by atoms with E-state index in [1.807, 2.05) is 0 Å². The van der Waals surface area contributed by atoms with Crippen molar-refractivity contribution in [3.63, 3.8) is 0 Å². The van der Waals surface area contributed by atoms with E-state index >= 15 is 0 Å². The summed E-state index contributed by atoms with van der Waals surface area (Å²) in [6.07, 6.45) is 3.33. The van der Waals surface area contributed by atoms with Gasteiger partial charge in [-0.25, -0.2) is 4.98 Å². The molecule has 0 atom stereocenters. The van der Waals surface area contributed by atoms with Crippen LogP contribution in [0.3, 0.4) is 0 Å². The van der Waals surface area contributed by atoms with Crippen LogP contribution in [-0.4, -0.2) is 24.5 Å². The summed E-state index contributed by atoms with van der Waals surface area (Å²) < 4.78 is 5.19. The van der Waals surface area contributed by atoms with Gasteiger partial charge >= 0.3 is 0 Å². The van der Waals surface area contributed by atoms with Gasteiger partial charge in [0.1, 0.15) is 11.4 Å². The molecule has 1 aromatic heterocycles. The van der Waals surface area contributed by atoms with E-state index in [4.69, 9.17) is 16.3 Å². The minimum Gasteiger partial charge on any atom is -0.495 e. The SMILES string of the molecule is C=CCNc1ccc(C(=O)Nc2cc(Cl)ccc2OC)nc1. The number of nitrogens with zero attached hydrogens (tertiary/aromatic N) is 1. The first kappa shape index (κ1) is 15.9. The monoisotopic (exact) mass is 317 g/mol. The van der Waals surface area contributed by atoms with Gasteiger partial charge in [0.25, 0.3) is 5.91 Å². The largest absolute Gasteiger partial charge is 0.495 e. The number of halogens is 1. The van der Waals surface area contributed by atoms with Crippen molar-refractivity contribution in [2.24, 2.45) is 0 Å². The second-order valence-corrected chi connectivity index (χ2v) is 4.84. The van der Waals surface area contributed by atoms with E-state index in [2.05, 4.69) is 22.2 Å². The molecule has 0 saturated carbocycles. The molecule has 0 aliphatic carbocycles. The van der Waals surface area contributed by atoms with Gasteiger partial charge in [-0.3, -0.25) is 4.79 Å². The third-order valence-electron chi connectivity index (χ3n) is 2.86. The molecule has 0 saturated heterocycles. The van der Waals surface area contributed by atoms with Crippen molar-refractivity contribution in [3.05, 3.63) is 59.9 Å². The summed E-state index contributed by atoms with van der Waals surface area (Å²) in [5.41, 5.74) is 1.61. The Kier molecular flexibility index (Phi) is 5.38. The number of hydrogen-bond acceptors (Lipinski definition) is 4. The molecule has 1 aromatic carbocycles. The number of ether oxygens (including phenoxy) is 1. The molecule has 114 valence electrons. The van der Waals surface area contributed by atoms with Crippen molar-refractivity contribution < 1.29 is 9.53 Å². The van der Waals surface area contributed by atoms with E-state index in [-0.39, 0.29) is 5.91 Å². The number of methoxy groups -OCH3 is 1. The Bertz CT molecular complexity index is 672. The lowest BCUT2D eigenvalue weighted by molar-refractivity contribution is 0.102. The molecular formula is C16H16ClN3O2. The van der Waals surface area contributed by atoms with Crippen molar-refractivity contribution in [3.8, 4) is 5.75 Å². The molecular weight excluding hydrogens is 302 g/mol. The van der Waals surface area contributed by atoms with Crippen LogP contribution in [0, 0.1) is 0 Å². The molecule has 2 aromatic rings. The van der Waals surface area contributed by atoms with Gasteiger partial charge in [-0.2, -0.15) is 0 Å². The quantitative estimate of drug-likeness (QED) is 0.799. The number of hydrogen-bond donors (Lipinski definition) is 2. The van der Waals surface area contributed by atoms with E-state index in [0.29, 0.717) is 28.7 Å². The zero-order valence-electron chi connectivity index (χ0n) is 12.1. The van der Waals surface area contributed by atoms with E-state index in [9.17, 15) is 4.79 Å². The average molecular weight is 318 g/mol. The molecule has 0 radical (unpaired) electrons. The predicted molar refractivity (Wildman–Crippen MR) is 88.9 cm³/mol. The van der Waals surface area contributed by atoms with E-state index in [1.165, 1.54) is 7.11 Å². The standard InChI is InChI=1S/C16H16ClN3O2/c1-3-8-18-12-5-6-13(19-10-12)16(21)20-14-9-11(17)4-7-15(14)22-2/h3-7,9-10,18H,1,8H2,2H3,(H,20,21). The fourth-order valence-corrected chi connectivity index (χ4v) is 1.96. The lowest BCUT2D eigenvalue weighted by atomic mass is 10.2. The van der Waals surface area contributed by atoms with Gasteiger partial charge in [-0.05, 0) is 30.3 Å². The predicted octanol–water partition coefficient (Wildman–Crippen LogP) is 3.59. The maximum atomic E-state index is 12.2. The Labute approximate surface area is 134 Å². The lowest BCUT2D eigenvalue weighted by Crippen LogP contribution is -2.14. The third kappa shape index (κ3) is 3.99. The van der Waals surface area contributed by atoms with Gasteiger partial charge in [0, 0.05) is 11.6 Å². The maximum absolute atomic E-state index is 12.2. The molecule has 2 N–H and O–H groups in total. The molecule has 1 heterocycles. The Hall–Kier alpha value is -2.53. The number of carbonyl (C=O) groups excluding carboxylic acids is 1. The van der Waals surface area contributed by atoms with Gasteiger partial charge in [-0.15, -0.1) is 6.58 Å². The Morgan fingerprint density at radius 1 is 1.41 bits per heavy atom. The van der Waals surface area contributed by atoms with Crippen LogP contribution in [-0.2, 0) is 0 Å². The zero-order chi connectivity index (χ0) is 15.9. The summed E-state index contributed by atoms with van der Waals surface area (Å²) in [6.45, 7) is 4.25. The Morgan fingerprint density at radius 2 is 2.23 bits per heavy atom. The molecule has 6 heteroatoms. The van der Waals surface area contributed by atoms with E-state index in [1.54, 1.807) is 42.6 Å². The molecule has 0 spiro atoms. The van der Waals surface area contributed by atoms with Crippen molar-refractivity contribution in [2.45, 2.75) is 0 Å². The molecule has 1 amide bonds. The molecule has 5 nitrogen and oxygen atoms in total. The second kappa shape index (κ2) is 7.47. The van der Waals surface area contributed by atoms with Crippen molar-refractivity contribution in [2.75, 3.05) is 24.3 Å². The normalized spacial score (nSPS) is 9.91. The highest BCUT2D eigenvalue weighted by molar-refractivity contribution is 6.31. The van der Waals surface area contributed by atoms with Crippen molar-refractivity contribution in [1.82, 2.24) is 4.98 Å². The van der Waals surface area contributed by atoms with Crippen LogP contribution >= 0.6 is 11.6 Å². The first-order chi connectivity index (χ1) is 10.6. The molecule has 22 heavy (non-hydrogen) atoms. The van der Waals surface area contributed by atoms with Gasteiger partial charge in [-0.1, -0.05) is 17.7 Å². The first-order valence-corrected chi connectivity index (χ1v) is 6.97. The van der Waals surface area contributed by atoms with E-state index in [0.717, 1.165) is 5.69 Å². The third-order valence-corrected chi connectivity index (χ3v) is 3.09. The summed E-state index contributed by atoms with van der Waals surface area (Å²) in [5.74, 6) is 0.192. The fraction of sp³-hybridized carbons (Fsp3) is 0.125. The van der Waals surface area contributed by atoms with Gasteiger partial charge in [0.15, 0.2) is 0 Å². The highest BCUT2D eigenvalue weighted by Crippen LogP contribution is 2.28. The van der Waals surface area contributed by atoms with Crippen LogP contribution in [0.4, 0.5) is 11.4 Å². The minimum absolute atomic E-state index is 0.297. The number of carbonyl (C=O) groups is 1. The number of pyridine rings is 1. The highest BCUT2D eigenvalue weighted by Gasteiger charge is 2.11. The van der Waals surface area contributed by atoms with E-state index < -0.39 is 0 Å². The van der Waals surface area contributed by atoms with Gasteiger partial charge in [0.05, 0.1) is 24.7 Å². The summed E-state index contributed by atoms with van der Waals surface area (Å²) >= 11 is 5.93. The van der Waals surface area contributed by atoms with Gasteiger partial charge < -0.3 is 15.4 Å². The van der Waals surface area contributed by atoms with Crippen LogP contribution < -0.4 is 15.4 Å². The first-order valence-electron chi connectivity index (χ1n) is 6.59. The number of anilines is 2. The molecule has 0 bridgehead atoms. The number of amides is 1. The number of nitrogens with one attached hydrogen (secondary N) is 2. The summed E-state index contributed by atoms with van der Waals surface area (Å²) in [5, 5.41) is 6.33. The number of benzene rings is 1. The molecule has 2 rings (SSSR count). The van der Waals surface area contributed by atoms with Crippen LogP contribution in [0.5, 0.6) is 5.75 Å². The molecule has 0 unspecified atom stereocenters. The van der Waals surface area contributed by atoms with Gasteiger partial charge in [0.2, 0.25) is 0 Å². The van der Waals surface area contributed by atoms with Crippen LogP contribution in [0.25, 0.3) is 0 Å². The maximum Gasteiger partial charge on any atom is 0.274 e. The zero-order valence-corrected chi connectivity index (χ0v) is 12.9. The van der Waals surface area contributed by atoms with Crippen LogP contribution in [0.1, 0.15) is 10.5 Å². The van der Waals surface area contributed by atoms with Crippen molar-refractivity contribution >= 4 is 28.9 Å². The molecule has 0 fully saturated rings. The topological polar surface area (TPSA) is 63.2 Å². The number of rotatable bonds is 6. The molecule has 0 aliphatic heterocycles. The Balaban J connectivity index is 2.12. The average Bonchev–Trinajstić information content (AvgIpc) is 2.53. The smallest absolute Gasteiger partial charge is 0.274 e. The molecule has 0 aliphatic rings. The number of aromatic nitrogens is 1. The lowest BCUT2D eigenvalue weighted by Gasteiger charge is -2.10. The minimum atomic E-state index is -0.337. The fourth-order valence-electron chi connectivity index (χ4n) is 1.79.